The molecule has 0 amide bonds. The third-order valence-corrected chi connectivity index (χ3v) is 6.02. The highest BCUT2D eigenvalue weighted by Gasteiger charge is 2.55. The number of ketones is 1. The molecule has 1 saturated heterocycles. The zero-order valence-corrected chi connectivity index (χ0v) is 14.0. The van der Waals surface area contributed by atoms with Gasteiger partial charge in [0.2, 0.25) is 0 Å². The first-order chi connectivity index (χ1) is 10.1. The van der Waals surface area contributed by atoms with Crippen LogP contribution in [0.3, 0.4) is 0 Å². The number of nitrogens with one attached hydrogen (secondary N) is 1. The van der Waals surface area contributed by atoms with Crippen LogP contribution in [0.5, 0.6) is 5.75 Å². The van der Waals surface area contributed by atoms with Crippen molar-refractivity contribution in [2.45, 2.75) is 44.1 Å². The summed E-state index contributed by atoms with van der Waals surface area (Å²) in [4.78, 5) is 12.3. The van der Waals surface area contributed by atoms with Gasteiger partial charge in [-0.2, -0.15) is 0 Å². The van der Waals surface area contributed by atoms with E-state index in [4.69, 9.17) is 4.74 Å². The molecule has 2 fully saturated rings. The van der Waals surface area contributed by atoms with Gasteiger partial charge in [0.25, 0.3) is 0 Å². The summed E-state index contributed by atoms with van der Waals surface area (Å²) >= 11 is 0. The maximum Gasteiger partial charge on any atom is 0.134 e. The number of carbonyl (C=O) groups excluding carboxylic acids is 1. The maximum atomic E-state index is 12.3. The Morgan fingerprint density at radius 1 is 1.32 bits per heavy atom. The molecular weight excluding hydrogens is 298 g/mol. The van der Waals surface area contributed by atoms with Crippen LogP contribution in [0.15, 0.2) is 18.2 Å². The lowest BCUT2D eigenvalue weighted by atomic mass is 9.50. The number of hydrogen-bond acceptors (Lipinski definition) is 3. The number of fused-ring (bicyclic) bond motifs is 1. The molecule has 1 saturated carbocycles. The molecule has 1 aromatic rings. The van der Waals surface area contributed by atoms with Crippen molar-refractivity contribution in [2.75, 3.05) is 13.7 Å². The van der Waals surface area contributed by atoms with Crippen molar-refractivity contribution in [3.05, 3.63) is 29.3 Å². The smallest absolute Gasteiger partial charge is 0.134 e. The van der Waals surface area contributed by atoms with Crippen LogP contribution in [0.2, 0.25) is 0 Å². The van der Waals surface area contributed by atoms with Crippen LogP contribution in [0.4, 0.5) is 0 Å². The van der Waals surface area contributed by atoms with Crippen molar-refractivity contribution >= 4 is 18.2 Å². The van der Waals surface area contributed by atoms with Crippen molar-refractivity contribution in [2.24, 2.45) is 11.8 Å². The summed E-state index contributed by atoms with van der Waals surface area (Å²) in [5.41, 5.74) is 2.85. The number of halogens is 1. The Labute approximate surface area is 138 Å². The fraction of sp³-hybridized carbons (Fsp3) is 0.611. The average molecular weight is 322 g/mol. The molecule has 0 aromatic heterocycles. The lowest BCUT2D eigenvalue weighted by Crippen LogP contribution is -2.62. The molecule has 22 heavy (non-hydrogen) atoms. The van der Waals surface area contributed by atoms with Crippen molar-refractivity contribution in [1.29, 1.82) is 0 Å². The normalized spacial score (nSPS) is 35.9. The number of carbonyl (C=O) groups is 1. The summed E-state index contributed by atoms with van der Waals surface area (Å²) in [6, 6.07) is 6.99. The van der Waals surface area contributed by atoms with Gasteiger partial charge >= 0.3 is 0 Å². The summed E-state index contributed by atoms with van der Waals surface area (Å²) in [5, 5.41) is 3.72. The van der Waals surface area contributed by atoms with Gasteiger partial charge in [0, 0.05) is 24.3 Å². The number of benzene rings is 1. The second kappa shape index (κ2) is 5.54. The summed E-state index contributed by atoms with van der Waals surface area (Å²) in [7, 11) is 1.72. The van der Waals surface area contributed by atoms with Crippen molar-refractivity contribution in [3.63, 3.8) is 0 Å². The molecule has 4 rings (SSSR count). The van der Waals surface area contributed by atoms with Gasteiger partial charge in [-0.3, -0.25) is 4.79 Å². The predicted molar refractivity (Wildman–Crippen MR) is 88.9 cm³/mol. The molecule has 4 heteroatoms. The molecule has 4 atom stereocenters. The second-order valence-electron chi connectivity index (χ2n) is 7.12. The van der Waals surface area contributed by atoms with E-state index in [9.17, 15) is 4.79 Å². The average Bonchev–Trinajstić information content (AvgIpc) is 2.46. The SMILES string of the molecule is COc1ccc2c(c1)[C@]13CCN[C@H](C2)[C@@H]1[C@@H](C)CC(=O)C3.Cl. The number of methoxy groups -OCH3 is 1. The molecule has 1 aromatic carbocycles. The van der Waals surface area contributed by atoms with Crippen LogP contribution in [0.25, 0.3) is 0 Å². The predicted octanol–water partition coefficient (Wildman–Crippen LogP) is 2.89. The van der Waals surface area contributed by atoms with Gasteiger partial charge in [-0.05, 0) is 54.5 Å². The summed E-state index contributed by atoms with van der Waals surface area (Å²) in [6.45, 7) is 3.29. The Balaban J connectivity index is 0.00000144. The van der Waals surface area contributed by atoms with Gasteiger partial charge < -0.3 is 10.1 Å². The highest BCUT2D eigenvalue weighted by Crippen LogP contribution is 2.55. The lowest BCUT2D eigenvalue weighted by molar-refractivity contribution is -0.127. The minimum absolute atomic E-state index is 0. The van der Waals surface area contributed by atoms with Crippen molar-refractivity contribution < 1.29 is 9.53 Å². The van der Waals surface area contributed by atoms with E-state index in [-0.39, 0.29) is 17.8 Å². The van der Waals surface area contributed by atoms with E-state index in [0.29, 0.717) is 23.7 Å². The van der Waals surface area contributed by atoms with Crippen LogP contribution in [0.1, 0.15) is 37.3 Å². The Morgan fingerprint density at radius 3 is 2.91 bits per heavy atom. The highest BCUT2D eigenvalue weighted by molar-refractivity contribution is 5.85. The first kappa shape index (κ1) is 15.8. The minimum atomic E-state index is 0. The van der Waals surface area contributed by atoms with E-state index in [2.05, 4.69) is 30.4 Å². The Morgan fingerprint density at radius 2 is 2.14 bits per heavy atom. The van der Waals surface area contributed by atoms with Crippen LogP contribution in [0, 0.1) is 11.8 Å². The zero-order valence-electron chi connectivity index (χ0n) is 13.2. The van der Waals surface area contributed by atoms with Crippen molar-refractivity contribution in [3.8, 4) is 5.75 Å². The van der Waals surface area contributed by atoms with Gasteiger partial charge in [-0.15, -0.1) is 12.4 Å². The monoisotopic (exact) mass is 321 g/mol. The molecule has 0 spiro atoms. The molecule has 3 nitrogen and oxygen atoms in total. The molecule has 0 unspecified atom stereocenters. The standard InChI is InChI=1S/C18H23NO2.ClH/c1-11-7-13(20)10-18-5-6-19-16(17(11)18)8-12-3-4-14(21-2)9-15(12)18;/h3-4,9,11,16-17,19H,5-8,10H2,1-2H3;1H/t11-,16+,17-,18+;/m0./s1. The number of hydrogen-bond donors (Lipinski definition) is 1. The number of ether oxygens (including phenoxy) is 1. The van der Waals surface area contributed by atoms with Gasteiger partial charge in [0.15, 0.2) is 0 Å². The lowest BCUT2D eigenvalue weighted by Gasteiger charge is -2.57. The van der Waals surface area contributed by atoms with Crippen molar-refractivity contribution in [1.82, 2.24) is 5.32 Å². The van der Waals surface area contributed by atoms with Crippen LogP contribution in [-0.2, 0) is 16.6 Å². The quantitative estimate of drug-likeness (QED) is 0.864. The van der Waals surface area contributed by atoms with Crippen LogP contribution < -0.4 is 10.1 Å². The van der Waals surface area contributed by atoms with Gasteiger partial charge in [-0.1, -0.05) is 13.0 Å². The second-order valence-corrected chi connectivity index (χ2v) is 7.12. The third-order valence-electron chi connectivity index (χ3n) is 6.02. The van der Waals surface area contributed by atoms with Gasteiger partial charge in [0.1, 0.15) is 11.5 Å². The minimum Gasteiger partial charge on any atom is -0.497 e. The van der Waals surface area contributed by atoms with E-state index in [1.165, 1.54) is 11.1 Å². The molecule has 1 N–H and O–H groups in total. The Bertz CT molecular complexity index is 603. The zero-order chi connectivity index (χ0) is 14.6. The van der Waals surface area contributed by atoms with Crippen LogP contribution in [-0.4, -0.2) is 25.5 Å². The Hall–Kier alpha value is -1.06. The molecule has 3 aliphatic rings. The largest absolute Gasteiger partial charge is 0.497 e. The van der Waals surface area contributed by atoms with E-state index < -0.39 is 0 Å². The molecule has 2 bridgehead atoms. The molecule has 0 radical (unpaired) electrons. The molecule has 1 aliphatic heterocycles. The van der Waals surface area contributed by atoms with E-state index >= 15 is 0 Å². The fourth-order valence-corrected chi connectivity index (χ4v) is 5.39. The topological polar surface area (TPSA) is 38.3 Å². The number of rotatable bonds is 1. The third kappa shape index (κ3) is 2.10. The van der Waals surface area contributed by atoms with E-state index in [0.717, 1.165) is 38.0 Å². The van der Waals surface area contributed by atoms with Gasteiger partial charge in [-0.25, -0.2) is 0 Å². The summed E-state index contributed by atoms with van der Waals surface area (Å²) < 4.78 is 5.45. The van der Waals surface area contributed by atoms with E-state index in [1.54, 1.807) is 7.11 Å². The Kier molecular flexibility index (Phi) is 3.98. The highest BCUT2D eigenvalue weighted by atomic mass is 35.5. The molecule has 2 aliphatic carbocycles. The molecule has 120 valence electrons. The summed E-state index contributed by atoms with van der Waals surface area (Å²) in [5.74, 6) is 2.42. The summed E-state index contributed by atoms with van der Waals surface area (Å²) in [6.07, 6.45) is 3.64. The molecule has 1 heterocycles. The molecular formula is C18H24ClNO2. The van der Waals surface area contributed by atoms with Crippen LogP contribution >= 0.6 is 12.4 Å². The fourth-order valence-electron chi connectivity index (χ4n) is 5.39. The first-order valence-corrected chi connectivity index (χ1v) is 8.06. The number of piperidine rings is 1. The maximum absolute atomic E-state index is 12.3. The first-order valence-electron chi connectivity index (χ1n) is 8.06. The van der Waals surface area contributed by atoms with E-state index in [1.807, 2.05) is 0 Å². The number of Topliss-reactive ketones (excluding diaryl/α,β-unsaturated/α-hetero) is 1. The van der Waals surface area contributed by atoms with Gasteiger partial charge in [0.05, 0.1) is 7.11 Å².